The molecule has 0 radical (unpaired) electrons. The van der Waals surface area contributed by atoms with Gasteiger partial charge in [0.05, 0.1) is 19.1 Å². The smallest absolute Gasteiger partial charge is 0.244 e. The van der Waals surface area contributed by atoms with Gasteiger partial charge in [0.2, 0.25) is 21.8 Å². The monoisotopic (exact) mass is 543 g/mol. The van der Waals surface area contributed by atoms with Crippen LogP contribution in [-0.4, -0.2) is 57.6 Å². The molecular weight excluding hydrogens is 513 g/mol. The number of amides is 2. The first-order valence-corrected chi connectivity index (χ1v) is 13.6. The van der Waals surface area contributed by atoms with E-state index in [2.05, 4.69) is 5.32 Å². The highest BCUT2D eigenvalue weighted by Crippen LogP contribution is 2.33. The summed E-state index contributed by atoms with van der Waals surface area (Å²) >= 11 is 12.2. The van der Waals surface area contributed by atoms with Crippen molar-refractivity contribution in [3.63, 3.8) is 0 Å². The first-order valence-electron chi connectivity index (χ1n) is 11.0. The number of nitrogens with one attached hydrogen (secondary N) is 1. The second-order valence-electron chi connectivity index (χ2n) is 8.55. The minimum atomic E-state index is -3.92. The van der Waals surface area contributed by atoms with Crippen LogP contribution in [-0.2, 0) is 26.2 Å². The number of anilines is 1. The summed E-state index contributed by atoms with van der Waals surface area (Å²) < 4.78 is 31.6. The van der Waals surface area contributed by atoms with E-state index in [0.29, 0.717) is 17.1 Å². The molecule has 2 rings (SSSR count). The number of sulfonamides is 1. The van der Waals surface area contributed by atoms with E-state index in [1.165, 1.54) is 24.1 Å². The van der Waals surface area contributed by atoms with Gasteiger partial charge in [0, 0.05) is 23.1 Å². The highest BCUT2D eigenvalue weighted by atomic mass is 35.5. The van der Waals surface area contributed by atoms with E-state index in [-0.39, 0.29) is 34.8 Å². The molecule has 0 bridgehead atoms. The first kappa shape index (κ1) is 28.7. The molecule has 35 heavy (non-hydrogen) atoms. The van der Waals surface area contributed by atoms with Crippen molar-refractivity contribution in [1.82, 2.24) is 10.2 Å². The van der Waals surface area contributed by atoms with Gasteiger partial charge < -0.3 is 15.0 Å². The number of halogens is 2. The fourth-order valence-corrected chi connectivity index (χ4v) is 4.54. The summed E-state index contributed by atoms with van der Waals surface area (Å²) in [5.41, 5.74) is 0.816. The Morgan fingerprint density at radius 2 is 1.71 bits per heavy atom. The van der Waals surface area contributed by atoms with Crippen LogP contribution in [0.4, 0.5) is 5.69 Å². The van der Waals surface area contributed by atoms with E-state index in [9.17, 15) is 18.0 Å². The molecule has 0 aliphatic rings. The largest absolute Gasteiger partial charge is 0.495 e. The van der Waals surface area contributed by atoms with Crippen molar-refractivity contribution in [1.29, 1.82) is 0 Å². The van der Waals surface area contributed by atoms with Gasteiger partial charge in [-0.2, -0.15) is 0 Å². The standard InChI is InChI=1S/C24H31Cl2N3O5S/c1-16(2)13-27-24(31)17(3)28(14-18-7-6-8-19(25)11-18)23(30)15-29(35(5,32)33)21-12-20(26)9-10-22(21)34-4/h6-12,16-17H,13-15H2,1-5H3,(H,27,31)/t17-/m1/s1. The molecule has 11 heteroatoms. The summed E-state index contributed by atoms with van der Waals surface area (Å²) in [4.78, 5) is 27.7. The molecule has 2 amide bonds. The van der Waals surface area contributed by atoms with Crippen LogP contribution < -0.4 is 14.4 Å². The van der Waals surface area contributed by atoms with Crippen molar-refractivity contribution in [3.8, 4) is 5.75 Å². The number of hydrogen-bond donors (Lipinski definition) is 1. The summed E-state index contributed by atoms with van der Waals surface area (Å²) in [6, 6.07) is 10.5. The Morgan fingerprint density at radius 3 is 2.29 bits per heavy atom. The maximum atomic E-state index is 13.6. The lowest BCUT2D eigenvalue weighted by atomic mass is 10.1. The summed E-state index contributed by atoms with van der Waals surface area (Å²) in [5, 5.41) is 3.58. The van der Waals surface area contributed by atoms with Crippen LogP contribution in [0.3, 0.4) is 0 Å². The van der Waals surface area contributed by atoms with Crippen molar-refractivity contribution in [3.05, 3.63) is 58.1 Å². The van der Waals surface area contributed by atoms with Gasteiger partial charge in [0.1, 0.15) is 18.3 Å². The zero-order chi connectivity index (χ0) is 26.3. The fourth-order valence-electron chi connectivity index (χ4n) is 3.32. The minimum absolute atomic E-state index is 0.0555. The predicted molar refractivity (Wildman–Crippen MR) is 140 cm³/mol. The maximum absolute atomic E-state index is 13.6. The Labute approximate surface area is 217 Å². The second kappa shape index (κ2) is 12.5. The number of ether oxygens (including phenoxy) is 1. The molecule has 0 aliphatic carbocycles. The molecule has 0 heterocycles. The predicted octanol–water partition coefficient (Wildman–Crippen LogP) is 3.96. The molecule has 0 saturated heterocycles. The molecule has 0 unspecified atom stereocenters. The summed E-state index contributed by atoms with van der Waals surface area (Å²) in [6.45, 7) is 5.46. The Kier molecular flexibility index (Phi) is 10.2. The zero-order valence-corrected chi connectivity index (χ0v) is 22.7. The number of rotatable bonds is 11. The molecular formula is C24H31Cl2N3O5S. The number of hydrogen-bond acceptors (Lipinski definition) is 5. The van der Waals surface area contributed by atoms with Gasteiger partial charge in [0.25, 0.3) is 0 Å². The molecule has 1 N–H and O–H groups in total. The maximum Gasteiger partial charge on any atom is 0.244 e. The van der Waals surface area contributed by atoms with Gasteiger partial charge in [-0.05, 0) is 48.7 Å². The van der Waals surface area contributed by atoms with E-state index in [1.54, 1.807) is 37.3 Å². The number of nitrogens with zero attached hydrogens (tertiary/aromatic N) is 2. The molecule has 0 aliphatic heterocycles. The van der Waals surface area contributed by atoms with E-state index in [0.717, 1.165) is 10.6 Å². The van der Waals surface area contributed by atoms with Crippen LogP contribution in [0.5, 0.6) is 5.75 Å². The van der Waals surface area contributed by atoms with Crippen LogP contribution in [0, 0.1) is 5.92 Å². The van der Waals surface area contributed by atoms with E-state index < -0.39 is 28.5 Å². The van der Waals surface area contributed by atoms with Gasteiger partial charge in [-0.15, -0.1) is 0 Å². The van der Waals surface area contributed by atoms with Crippen molar-refractivity contribution < 1.29 is 22.7 Å². The van der Waals surface area contributed by atoms with Crippen molar-refractivity contribution in [2.75, 3.05) is 30.8 Å². The molecule has 8 nitrogen and oxygen atoms in total. The second-order valence-corrected chi connectivity index (χ2v) is 11.3. The third-order valence-corrected chi connectivity index (χ3v) is 6.78. The van der Waals surface area contributed by atoms with E-state index in [1.807, 2.05) is 13.8 Å². The summed E-state index contributed by atoms with van der Waals surface area (Å²) in [7, 11) is -2.53. The van der Waals surface area contributed by atoms with Crippen LogP contribution in [0.25, 0.3) is 0 Å². The molecule has 0 spiro atoms. The third-order valence-electron chi connectivity index (χ3n) is 5.18. The van der Waals surface area contributed by atoms with Gasteiger partial charge in [-0.3, -0.25) is 13.9 Å². The SMILES string of the molecule is COc1ccc(Cl)cc1N(CC(=O)N(Cc1cccc(Cl)c1)[C@H](C)C(=O)NCC(C)C)S(C)(=O)=O. The minimum Gasteiger partial charge on any atom is -0.495 e. The molecule has 192 valence electrons. The lowest BCUT2D eigenvalue weighted by Crippen LogP contribution is -2.51. The topological polar surface area (TPSA) is 96.0 Å². The van der Waals surface area contributed by atoms with Crippen LogP contribution >= 0.6 is 23.2 Å². The third kappa shape index (κ3) is 8.30. The van der Waals surface area contributed by atoms with Crippen molar-refractivity contribution >= 4 is 50.7 Å². The molecule has 0 saturated carbocycles. The van der Waals surface area contributed by atoms with Crippen molar-refractivity contribution in [2.24, 2.45) is 5.92 Å². The Bertz CT molecular complexity index is 1160. The highest BCUT2D eigenvalue weighted by Gasteiger charge is 2.31. The number of benzene rings is 2. The fraction of sp³-hybridized carbons (Fsp3) is 0.417. The lowest BCUT2D eigenvalue weighted by Gasteiger charge is -2.32. The highest BCUT2D eigenvalue weighted by molar-refractivity contribution is 7.92. The molecule has 2 aromatic carbocycles. The van der Waals surface area contributed by atoms with E-state index >= 15 is 0 Å². The Hall–Kier alpha value is -2.49. The normalized spacial score (nSPS) is 12.2. The van der Waals surface area contributed by atoms with Gasteiger partial charge in [-0.25, -0.2) is 8.42 Å². The molecule has 2 aromatic rings. The Balaban J connectivity index is 2.44. The van der Waals surface area contributed by atoms with Crippen LogP contribution in [0.15, 0.2) is 42.5 Å². The van der Waals surface area contributed by atoms with Crippen LogP contribution in [0.1, 0.15) is 26.3 Å². The summed E-state index contributed by atoms with van der Waals surface area (Å²) in [6.07, 6.45) is 0.987. The van der Waals surface area contributed by atoms with Crippen LogP contribution in [0.2, 0.25) is 10.0 Å². The van der Waals surface area contributed by atoms with Crippen molar-refractivity contribution in [2.45, 2.75) is 33.4 Å². The number of carbonyl (C=O) groups is 2. The zero-order valence-electron chi connectivity index (χ0n) is 20.4. The Morgan fingerprint density at radius 1 is 1.06 bits per heavy atom. The first-order chi connectivity index (χ1) is 16.3. The lowest BCUT2D eigenvalue weighted by molar-refractivity contribution is -0.139. The summed E-state index contributed by atoms with van der Waals surface area (Å²) in [5.74, 6) is -0.471. The molecule has 0 aromatic heterocycles. The average molecular weight is 545 g/mol. The van der Waals surface area contributed by atoms with E-state index in [4.69, 9.17) is 27.9 Å². The number of methoxy groups -OCH3 is 1. The molecule has 0 fully saturated rings. The van der Waals surface area contributed by atoms with Gasteiger partial charge in [-0.1, -0.05) is 49.2 Å². The average Bonchev–Trinajstić information content (AvgIpc) is 2.78. The van der Waals surface area contributed by atoms with Gasteiger partial charge in [0.15, 0.2) is 0 Å². The number of carbonyl (C=O) groups excluding carboxylic acids is 2. The van der Waals surface area contributed by atoms with Gasteiger partial charge >= 0.3 is 0 Å². The quantitative estimate of drug-likeness (QED) is 0.462. The molecule has 1 atom stereocenters.